The van der Waals surface area contributed by atoms with Crippen LogP contribution in [0.15, 0.2) is 6.07 Å². The zero-order valence-electron chi connectivity index (χ0n) is 10.5. The van der Waals surface area contributed by atoms with Gasteiger partial charge in [-0.15, -0.1) is 0 Å². The Morgan fingerprint density at radius 1 is 1.33 bits per heavy atom. The van der Waals surface area contributed by atoms with Crippen molar-refractivity contribution in [1.82, 2.24) is 14.9 Å². The van der Waals surface area contributed by atoms with Gasteiger partial charge in [0.05, 0.1) is 19.3 Å². The highest BCUT2D eigenvalue weighted by molar-refractivity contribution is 6.29. The van der Waals surface area contributed by atoms with Crippen LogP contribution < -0.4 is 4.90 Å². The van der Waals surface area contributed by atoms with Gasteiger partial charge in [-0.3, -0.25) is 4.90 Å². The number of halogens is 1. The quantitative estimate of drug-likeness (QED) is 0.710. The van der Waals surface area contributed by atoms with Crippen LogP contribution in [0, 0.1) is 6.92 Å². The number of fused-ring (bicyclic) bond motifs is 1. The van der Waals surface area contributed by atoms with E-state index >= 15 is 0 Å². The molecule has 0 bridgehead atoms. The Bertz CT molecular complexity index is 422. The molecule has 3 rings (SSSR count). The van der Waals surface area contributed by atoms with E-state index in [0.29, 0.717) is 11.2 Å². The molecule has 2 aliphatic heterocycles. The van der Waals surface area contributed by atoms with Crippen LogP contribution in [0.2, 0.25) is 5.15 Å². The fourth-order valence-corrected chi connectivity index (χ4v) is 2.85. The third kappa shape index (κ3) is 2.43. The van der Waals surface area contributed by atoms with Crippen LogP contribution in [0.25, 0.3) is 0 Å². The van der Waals surface area contributed by atoms with Crippen molar-refractivity contribution >= 4 is 17.4 Å². The Hall–Kier alpha value is -0.910. The molecule has 6 heteroatoms. The number of anilines is 1. The summed E-state index contributed by atoms with van der Waals surface area (Å²) in [4.78, 5) is 13.3. The van der Waals surface area contributed by atoms with E-state index in [9.17, 15) is 0 Å². The number of aryl methyl sites for hydroxylation is 1. The lowest BCUT2D eigenvalue weighted by atomic mass is 10.1. The number of ether oxygens (including phenoxy) is 1. The maximum absolute atomic E-state index is 5.99. The Kier molecular flexibility index (Phi) is 3.37. The predicted octanol–water partition coefficient (Wildman–Crippen LogP) is 0.959. The van der Waals surface area contributed by atoms with Crippen molar-refractivity contribution in [3.8, 4) is 0 Å². The summed E-state index contributed by atoms with van der Waals surface area (Å²) in [6, 6.07) is 2.31. The first-order valence-electron chi connectivity index (χ1n) is 6.30. The van der Waals surface area contributed by atoms with Gasteiger partial charge >= 0.3 is 0 Å². The summed E-state index contributed by atoms with van der Waals surface area (Å²) in [7, 11) is 0. The van der Waals surface area contributed by atoms with Gasteiger partial charge in [-0.25, -0.2) is 9.97 Å². The highest BCUT2D eigenvalue weighted by atomic mass is 35.5. The van der Waals surface area contributed by atoms with Gasteiger partial charge in [0.15, 0.2) is 0 Å². The molecule has 0 saturated carbocycles. The SMILES string of the molecule is Cc1nc(Cl)cc(N2CCN3CCOCC3C2)n1. The second-order valence-corrected chi connectivity index (χ2v) is 5.19. The van der Waals surface area contributed by atoms with Crippen LogP contribution in [-0.2, 0) is 4.74 Å². The smallest absolute Gasteiger partial charge is 0.134 e. The summed E-state index contributed by atoms with van der Waals surface area (Å²) in [5.74, 6) is 1.65. The average Bonchev–Trinajstić information content (AvgIpc) is 2.37. The van der Waals surface area contributed by atoms with E-state index < -0.39 is 0 Å². The third-order valence-electron chi connectivity index (χ3n) is 3.55. The third-order valence-corrected chi connectivity index (χ3v) is 3.75. The topological polar surface area (TPSA) is 41.5 Å². The van der Waals surface area contributed by atoms with E-state index in [0.717, 1.165) is 51.0 Å². The highest BCUT2D eigenvalue weighted by Gasteiger charge is 2.30. The second kappa shape index (κ2) is 4.99. The highest BCUT2D eigenvalue weighted by Crippen LogP contribution is 2.21. The van der Waals surface area contributed by atoms with Gasteiger partial charge in [0, 0.05) is 32.2 Å². The summed E-state index contributed by atoms with van der Waals surface area (Å²) >= 11 is 5.99. The van der Waals surface area contributed by atoms with Crippen LogP contribution in [-0.4, -0.2) is 60.3 Å². The lowest BCUT2D eigenvalue weighted by Crippen LogP contribution is -2.58. The molecule has 1 atom stereocenters. The maximum Gasteiger partial charge on any atom is 0.134 e. The van der Waals surface area contributed by atoms with E-state index in [1.165, 1.54) is 0 Å². The van der Waals surface area contributed by atoms with Crippen molar-refractivity contribution in [3.63, 3.8) is 0 Å². The molecule has 0 N–H and O–H groups in total. The van der Waals surface area contributed by atoms with Gasteiger partial charge < -0.3 is 9.64 Å². The van der Waals surface area contributed by atoms with Crippen LogP contribution in [0.5, 0.6) is 0 Å². The molecule has 3 heterocycles. The molecule has 5 nitrogen and oxygen atoms in total. The molecule has 1 aromatic rings. The van der Waals surface area contributed by atoms with E-state index in [1.54, 1.807) is 0 Å². The van der Waals surface area contributed by atoms with Crippen LogP contribution in [0.3, 0.4) is 0 Å². The maximum atomic E-state index is 5.99. The number of hydrogen-bond donors (Lipinski definition) is 0. The fraction of sp³-hybridized carbons (Fsp3) is 0.667. The zero-order chi connectivity index (χ0) is 12.5. The van der Waals surface area contributed by atoms with Crippen molar-refractivity contribution in [2.24, 2.45) is 0 Å². The summed E-state index contributed by atoms with van der Waals surface area (Å²) in [6.07, 6.45) is 0. The van der Waals surface area contributed by atoms with E-state index in [2.05, 4.69) is 19.8 Å². The van der Waals surface area contributed by atoms with Gasteiger partial charge in [-0.05, 0) is 6.92 Å². The molecule has 1 aromatic heterocycles. The molecule has 2 saturated heterocycles. The summed E-state index contributed by atoms with van der Waals surface area (Å²) in [6.45, 7) is 7.59. The molecule has 0 aromatic carbocycles. The molecule has 98 valence electrons. The first kappa shape index (κ1) is 12.1. The molecular weight excluding hydrogens is 252 g/mol. The molecule has 2 aliphatic rings. The van der Waals surface area contributed by atoms with Crippen molar-refractivity contribution in [3.05, 3.63) is 17.0 Å². The van der Waals surface area contributed by atoms with Crippen molar-refractivity contribution < 1.29 is 4.74 Å². The molecule has 0 aliphatic carbocycles. The van der Waals surface area contributed by atoms with E-state index in [1.807, 2.05) is 13.0 Å². The van der Waals surface area contributed by atoms with Crippen LogP contribution >= 0.6 is 11.6 Å². The van der Waals surface area contributed by atoms with Crippen LogP contribution in [0.4, 0.5) is 5.82 Å². The Morgan fingerprint density at radius 2 is 2.22 bits per heavy atom. The molecular formula is C12H17ClN4O. The standard InChI is InChI=1S/C12H17ClN4O/c1-9-14-11(13)6-12(15-9)17-3-2-16-4-5-18-8-10(16)7-17/h6,10H,2-5,7-8H2,1H3. The summed E-state index contributed by atoms with van der Waals surface area (Å²) in [5.41, 5.74) is 0. The van der Waals surface area contributed by atoms with E-state index in [4.69, 9.17) is 16.3 Å². The molecule has 0 spiro atoms. The summed E-state index contributed by atoms with van der Waals surface area (Å²) < 4.78 is 5.54. The van der Waals surface area contributed by atoms with E-state index in [-0.39, 0.29) is 0 Å². The number of morpholine rings is 1. The van der Waals surface area contributed by atoms with Gasteiger partial charge in [0.25, 0.3) is 0 Å². The average molecular weight is 269 g/mol. The van der Waals surface area contributed by atoms with Crippen molar-refractivity contribution in [2.45, 2.75) is 13.0 Å². The van der Waals surface area contributed by atoms with Gasteiger partial charge in [0.2, 0.25) is 0 Å². The molecule has 0 radical (unpaired) electrons. The Balaban J connectivity index is 1.76. The van der Waals surface area contributed by atoms with Crippen LogP contribution in [0.1, 0.15) is 5.82 Å². The lowest BCUT2D eigenvalue weighted by Gasteiger charge is -2.44. The van der Waals surface area contributed by atoms with Gasteiger partial charge in [-0.2, -0.15) is 0 Å². The monoisotopic (exact) mass is 268 g/mol. The van der Waals surface area contributed by atoms with Crippen molar-refractivity contribution in [1.29, 1.82) is 0 Å². The minimum absolute atomic E-state index is 0.474. The molecule has 0 amide bonds. The predicted molar refractivity (Wildman–Crippen MR) is 70.2 cm³/mol. The van der Waals surface area contributed by atoms with Crippen molar-refractivity contribution in [2.75, 3.05) is 44.3 Å². The Labute approximate surface area is 112 Å². The fourth-order valence-electron chi connectivity index (χ4n) is 2.63. The zero-order valence-corrected chi connectivity index (χ0v) is 11.2. The molecule has 1 unspecified atom stereocenters. The Morgan fingerprint density at radius 3 is 3.06 bits per heavy atom. The first-order valence-corrected chi connectivity index (χ1v) is 6.68. The molecule has 2 fully saturated rings. The number of hydrogen-bond acceptors (Lipinski definition) is 5. The number of piperazine rings is 1. The molecule has 18 heavy (non-hydrogen) atoms. The van der Waals surface area contributed by atoms with Gasteiger partial charge in [-0.1, -0.05) is 11.6 Å². The summed E-state index contributed by atoms with van der Waals surface area (Å²) in [5, 5.41) is 0.514. The largest absolute Gasteiger partial charge is 0.378 e. The number of aromatic nitrogens is 2. The second-order valence-electron chi connectivity index (χ2n) is 4.81. The minimum Gasteiger partial charge on any atom is -0.378 e. The first-order chi connectivity index (χ1) is 8.72. The minimum atomic E-state index is 0.474. The normalized spacial score (nSPS) is 25.0. The lowest BCUT2D eigenvalue weighted by molar-refractivity contribution is -0.0117. The number of nitrogens with zero attached hydrogens (tertiary/aromatic N) is 4. The van der Waals surface area contributed by atoms with Gasteiger partial charge in [0.1, 0.15) is 16.8 Å². The number of rotatable bonds is 1.